The summed E-state index contributed by atoms with van der Waals surface area (Å²) in [6.07, 6.45) is 5.30. The van der Waals surface area contributed by atoms with Gasteiger partial charge in [0.25, 0.3) is 0 Å². The highest BCUT2D eigenvalue weighted by molar-refractivity contribution is 7.13. The predicted molar refractivity (Wildman–Crippen MR) is 125 cm³/mol. The first kappa shape index (κ1) is 23.4. The van der Waals surface area contributed by atoms with E-state index in [1.807, 2.05) is 5.38 Å². The number of amides is 1. The number of H-pyrrole nitrogens is 1. The number of carboxylic acids is 1. The fraction of sp³-hybridized carbons (Fsp3) is 0.238. The Bertz CT molecular complexity index is 1270. The number of aromatic amines is 1. The number of anilines is 1. The van der Waals surface area contributed by atoms with Gasteiger partial charge in [-0.3, -0.25) is 14.6 Å². The molecule has 0 aliphatic carbocycles. The van der Waals surface area contributed by atoms with Gasteiger partial charge >= 0.3 is 5.97 Å². The van der Waals surface area contributed by atoms with Gasteiger partial charge in [0.05, 0.1) is 11.9 Å². The molecule has 3 aromatic heterocycles. The monoisotopic (exact) mass is 501 g/mol. The maximum Gasteiger partial charge on any atom is 0.353 e. The van der Waals surface area contributed by atoms with Crippen molar-refractivity contribution in [3.05, 3.63) is 58.4 Å². The van der Waals surface area contributed by atoms with Crippen molar-refractivity contribution in [2.45, 2.75) is 32.4 Å². The predicted octanol–water partition coefficient (Wildman–Crippen LogP) is 3.86. The number of nitrogens with zero attached hydrogens (tertiary/aromatic N) is 5. The molecule has 34 heavy (non-hydrogen) atoms. The Morgan fingerprint density at radius 1 is 1.26 bits per heavy atom. The first-order valence-corrected chi connectivity index (χ1v) is 11.5. The number of carbonyl (C=O) groups excluding carboxylic acids is 1. The minimum atomic E-state index is -1.11. The topological polar surface area (TPSA) is 148 Å². The summed E-state index contributed by atoms with van der Waals surface area (Å²) in [4.78, 5) is 27.1. The maximum atomic E-state index is 11.9. The van der Waals surface area contributed by atoms with Crippen LogP contribution in [0.4, 0.5) is 5.13 Å². The summed E-state index contributed by atoms with van der Waals surface area (Å²) < 4.78 is 7.59. The normalized spacial score (nSPS) is 10.9. The van der Waals surface area contributed by atoms with Crippen molar-refractivity contribution in [1.29, 1.82) is 0 Å². The van der Waals surface area contributed by atoms with E-state index in [1.54, 1.807) is 35.3 Å². The number of carboxylic acid groups (broad SMARTS) is 1. The average Bonchev–Trinajstić information content (AvgIpc) is 3.58. The van der Waals surface area contributed by atoms with Crippen LogP contribution >= 0.6 is 22.9 Å². The molecule has 4 aromatic rings. The maximum absolute atomic E-state index is 11.9. The summed E-state index contributed by atoms with van der Waals surface area (Å²) in [5.41, 5.74) is 1.54. The van der Waals surface area contributed by atoms with Crippen molar-refractivity contribution in [3.63, 3.8) is 0 Å². The molecule has 4 rings (SSSR count). The van der Waals surface area contributed by atoms with Crippen molar-refractivity contribution < 1.29 is 19.4 Å². The summed E-state index contributed by atoms with van der Waals surface area (Å²) in [6, 6.07) is 6.43. The van der Waals surface area contributed by atoms with Crippen LogP contribution < -0.4 is 10.1 Å². The molecule has 13 heteroatoms. The van der Waals surface area contributed by atoms with Crippen molar-refractivity contribution in [1.82, 2.24) is 30.2 Å². The number of aryl methyl sites for hydroxylation is 1. The summed E-state index contributed by atoms with van der Waals surface area (Å²) >= 11 is 7.49. The molecule has 0 radical (unpaired) electrons. The van der Waals surface area contributed by atoms with E-state index in [9.17, 15) is 9.59 Å². The van der Waals surface area contributed by atoms with Crippen molar-refractivity contribution in [2.75, 3.05) is 5.32 Å². The van der Waals surface area contributed by atoms with Gasteiger partial charge in [-0.1, -0.05) is 16.8 Å². The van der Waals surface area contributed by atoms with E-state index in [4.69, 9.17) is 21.4 Å². The standard InChI is InChI=1S/C21H20ClN7O4S/c22-13-4-5-18(15(9-13)16-10-17(20(31)32)27-26-16)33-12-14-11-29(28-25-14)7-2-1-3-19(30)24-21-23-6-8-34-21/h4-6,8-11H,1-3,7,12H2,(H,26,27)(H,31,32)(H,23,24,30). The van der Waals surface area contributed by atoms with Gasteiger partial charge in [-0.2, -0.15) is 5.10 Å². The highest BCUT2D eigenvalue weighted by Gasteiger charge is 2.15. The minimum absolute atomic E-state index is 0.0375. The van der Waals surface area contributed by atoms with Crippen LogP contribution in [0.5, 0.6) is 5.75 Å². The van der Waals surface area contributed by atoms with Gasteiger partial charge in [0.1, 0.15) is 23.7 Å². The molecule has 3 N–H and O–H groups in total. The zero-order chi connectivity index (χ0) is 23.9. The van der Waals surface area contributed by atoms with Gasteiger partial charge in [-0.25, -0.2) is 9.78 Å². The first-order valence-electron chi connectivity index (χ1n) is 10.3. The second kappa shape index (κ2) is 10.9. The lowest BCUT2D eigenvalue weighted by molar-refractivity contribution is -0.116. The first-order chi connectivity index (χ1) is 16.5. The van der Waals surface area contributed by atoms with Crippen LogP contribution in [0.1, 0.15) is 35.4 Å². The molecular formula is C21H20ClN7O4S. The molecule has 1 amide bonds. The molecule has 176 valence electrons. The Hall–Kier alpha value is -3.77. The van der Waals surface area contributed by atoms with E-state index >= 15 is 0 Å². The van der Waals surface area contributed by atoms with Gasteiger partial charge in [-0.15, -0.1) is 16.4 Å². The zero-order valence-corrected chi connectivity index (χ0v) is 19.3. The lowest BCUT2D eigenvalue weighted by Gasteiger charge is -2.09. The summed E-state index contributed by atoms with van der Waals surface area (Å²) in [5.74, 6) is -0.692. The smallest absolute Gasteiger partial charge is 0.353 e. The number of unbranched alkanes of at least 4 members (excludes halogenated alkanes) is 1. The Kier molecular flexibility index (Phi) is 7.50. The summed E-state index contributed by atoms with van der Waals surface area (Å²) in [5, 5.41) is 29.5. The van der Waals surface area contributed by atoms with Gasteiger partial charge in [0, 0.05) is 35.1 Å². The molecule has 0 spiro atoms. The zero-order valence-electron chi connectivity index (χ0n) is 17.8. The van der Waals surface area contributed by atoms with E-state index in [0.717, 1.165) is 6.42 Å². The highest BCUT2D eigenvalue weighted by Crippen LogP contribution is 2.32. The van der Waals surface area contributed by atoms with E-state index in [0.29, 0.717) is 52.2 Å². The van der Waals surface area contributed by atoms with Crippen LogP contribution in [0, 0.1) is 0 Å². The van der Waals surface area contributed by atoms with Gasteiger partial charge in [-0.05, 0) is 37.1 Å². The fourth-order valence-corrected chi connectivity index (χ4v) is 3.81. The van der Waals surface area contributed by atoms with Crippen molar-refractivity contribution >= 4 is 39.9 Å². The van der Waals surface area contributed by atoms with E-state index < -0.39 is 5.97 Å². The number of halogens is 1. The number of nitrogens with one attached hydrogen (secondary N) is 2. The second-order valence-electron chi connectivity index (χ2n) is 7.22. The molecule has 0 aliphatic rings. The van der Waals surface area contributed by atoms with Gasteiger partial charge in [0.2, 0.25) is 5.91 Å². The molecule has 0 fully saturated rings. The molecule has 0 aliphatic heterocycles. The van der Waals surface area contributed by atoms with Crippen LogP contribution in [-0.4, -0.2) is 47.2 Å². The molecule has 3 heterocycles. The quantitative estimate of drug-likeness (QED) is 0.262. The molecule has 0 atom stereocenters. The number of ether oxygens (including phenoxy) is 1. The van der Waals surface area contributed by atoms with E-state index in [-0.39, 0.29) is 18.2 Å². The van der Waals surface area contributed by atoms with E-state index in [1.165, 1.54) is 17.4 Å². The van der Waals surface area contributed by atoms with Crippen molar-refractivity contribution in [3.8, 4) is 17.0 Å². The number of aromatic carboxylic acids is 1. The number of rotatable bonds is 11. The van der Waals surface area contributed by atoms with Crippen LogP contribution in [0.15, 0.2) is 42.0 Å². The van der Waals surface area contributed by atoms with Crippen LogP contribution in [0.25, 0.3) is 11.3 Å². The Labute approximate surface area is 202 Å². The Morgan fingerprint density at radius 3 is 2.91 bits per heavy atom. The average molecular weight is 502 g/mol. The molecule has 11 nitrogen and oxygen atoms in total. The molecule has 0 bridgehead atoms. The van der Waals surface area contributed by atoms with Crippen LogP contribution in [-0.2, 0) is 17.9 Å². The second-order valence-corrected chi connectivity index (χ2v) is 8.55. The third kappa shape index (κ3) is 6.17. The van der Waals surface area contributed by atoms with Crippen molar-refractivity contribution in [2.24, 2.45) is 0 Å². The number of hydrogen-bond donors (Lipinski definition) is 3. The number of carbonyl (C=O) groups is 2. The molecule has 0 saturated heterocycles. The summed E-state index contributed by atoms with van der Waals surface area (Å²) in [7, 11) is 0. The SMILES string of the molecule is O=C(CCCCn1cc(COc2ccc(Cl)cc2-c2cc(C(=O)O)[nH]n2)nn1)Nc1nccs1. The lowest BCUT2D eigenvalue weighted by Crippen LogP contribution is -2.11. The number of benzene rings is 1. The number of hydrogen-bond acceptors (Lipinski definition) is 8. The number of aromatic nitrogens is 6. The lowest BCUT2D eigenvalue weighted by atomic mass is 10.1. The Morgan fingerprint density at radius 2 is 2.15 bits per heavy atom. The largest absolute Gasteiger partial charge is 0.486 e. The Balaban J connectivity index is 1.28. The highest BCUT2D eigenvalue weighted by atomic mass is 35.5. The van der Waals surface area contributed by atoms with Gasteiger partial charge < -0.3 is 15.2 Å². The fourth-order valence-electron chi connectivity index (χ4n) is 3.09. The molecule has 0 unspecified atom stereocenters. The third-order valence-electron chi connectivity index (χ3n) is 4.71. The molecule has 1 aromatic carbocycles. The van der Waals surface area contributed by atoms with Crippen LogP contribution in [0.3, 0.4) is 0 Å². The van der Waals surface area contributed by atoms with Crippen LogP contribution in [0.2, 0.25) is 5.02 Å². The van der Waals surface area contributed by atoms with Gasteiger partial charge in [0.15, 0.2) is 5.13 Å². The van der Waals surface area contributed by atoms with E-state index in [2.05, 4.69) is 30.8 Å². The number of thiazole rings is 1. The third-order valence-corrected chi connectivity index (χ3v) is 5.63. The molecular weight excluding hydrogens is 482 g/mol. The molecule has 0 saturated carbocycles. The minimum Gasteiger partial charge on any atom is -0.486 e. The summed E-state index contributed by atoms with van der Waals surface area (Å²) in [6.45, 7) is 0.774.